The quantitative estimate of drug-likeness (QED) is 0.903. The summed E-state index contributed by atoms with van der Waals surface area (Å²) in [6.07, 6.45) is 2.07. The highest BCUT2D eigenvalue weighted by Gasteiger charge is 2.21. The van der Waals surface area contributed by atoms with Crippen molar-refractivity contribution < 1.29 is 14.0 Å². The molecule has 0 unspecified atom stereocenters. The number of hydrogen-bond acceptors (Lipinski definition) is 4. The van der Waals surface area contributed by atoms with Crippen molar-refractivity contribution in [3.05, 3.63) is 29.3 Å². The fourth-order valence-electron chi connectivity index (χ4n) is 2.19. The van der Waals surface area contributed by atoms with E-state index in [0.29, 0.717) is 17.6 Å². The van der Waals surface area contributed by atoms with Gasteiger partial charge in [0, 0.05) is 18.2 Å². The minimum atomic E-state index is -0.677. The van der Waals surface area contributed by atoms with Gasteiger partial charge in [0.05, 0.1) is 0 Å². The lowest BCUT2D eigenvalue weighted by atomic mass is 10.0. The molecule has 0 bridgehead atoms. The highest BCUT2D eigenvalue weighted by molar-refractivity contribution is 6.06. The number of pyridine rings is 1. The summed E-state index contributed by atoms with van der Waals surface area (Å²) in [4.78, 5) is 27.5. The van der Waals surface area contributed by atoms with E-state index in [1.54, 1.807) is 6.92 Å². The van der Waals surface area contributed by atoms with Crippen LogP contribution >= 0.6 is 0 Å². The van der Waals surface area contributed by atoms with Gasteiger partial charge in [0.1, 0.15) is 17.3 Å². The second-order valence-electron chi connectivity index (χ2n) is 5.51. The largest absolute Gasteiger partial charge is 0.383 e. The number of fused-ring (bicyclic) bond motifs is 1. The van der Waals surface area contributed by atoms with Crippen molar-refractivity contribution in [2.24, 2.45) is 5.92 Å². The van der Waals surface area contributed by atoms with Crippen molar-refractivity contribution in [3.63, 3.8) is 0 Å². The molecule has 0 spiro atoms. The molecule has 0 saturated heterocycles. The van der Waals surface area contributed by atoms with Crippen molar-refractivity contribution in [3.8, 4) is 0 Å². The summed E-state index contributed by atoms with van der Waals surface area (Å²) < 4.78 is 15.5. The van der Waals surface area contributed by atoms with Gasteiger partial charge in [-0.25, -0.2) is 9.37 Å². The number of imide groups is 1. The van der Waals surface area contributed by atoms with Crippen LogP contribution in [-0.2, 0) is 11.2 Å². The van der Waals surface area contributed by atoms with Crippen LogP contribution in [0.3, 0.4) is 0 Å². The molecular weight excluding hydrogens is 287 g/mol. The van der Waals surface area contributed by atoms with Crippen LogP contribution in [-0.4, -0.2) is 21.2 Å². The van der Waals surface area contributed by atoms with Crippen LogP contribution in [0.25, 0.3) is 5.65 Å². The predicted molar refractivity (Wildman–Crippen MR) is 80.9 cm³/mol. The first-order valence-corrected chi connectivity index (χ1v) is 7.14. The number of imidazole rings is 1. The van der Waals surface area contributed by atoms with E-state index in [-0.39, 0.29) is 29.7 Å². The number of aromatic nitrogens is 2. The van der Waals surface area contributed by atoms with E-state index in [1.165, 1.54) is 16.7 Å². The van der Waals surface area contributed by atoms with Gasteiger partial charge in [-0.05, 0) is 18.4 Å². The maximum Gasteiger partial charge on any atom is 0.280 e. The molecule has 0 aromatic carbocycles. The molecule has 0 saturated carbocycles. The Kier molecular flexibility index (Phi) is 4.44. The Hall–Kier alpha value is -2.44. The number of halogens is 1. The van der Waals surface area contributed by atoms with Gasteiger partial charge >= 0.3 is 0 Å². The number of carbonyl (C=O) groups is 2. The molecule has 0 fully saturated rings. The Morgan fingerprint density at radius 3 is 2.73 bits per heavy atom. The van der Waals surface area contributed by atoms with Crippen LogP contribution in [0, 0.1) is 11.7 Å². The Morgan fingerprint density at radius 2 is 2.14 bits per heavy atom. The zero-order valence-corrected chi connectivity index (χ0v) is 12.8. The van der Waals surface area contributed by atoms with Crippen LogP contribution in [0.1, 0.15) is 43.2 Å². The van der Waals surface area contributed by atoms with E-state index < -0.39 is 11.8 Å². The Bertz CT molecular complexity index is 737. The highest BCUT2D eigenvalue weighted by atomic mass is 19.1. The van der Waals surface area contributed by atoms with Crippen molar-refractivity contribution in [1.82, 2.24) is 14.7 Å². The van der Waals surface area contributed by atoms with Gasteiger partial charge in [-0.3, -0.25) is 19.3 Å². The molecule has 118 valence electrons. The summed E-state index contributed by atoms with van der Waals surface area (Å²) in [6.45, 7) is 5.55. The number of anilines is 1. The summed E-state index contributed by atoms with van der Waals surface area (Å²) >= 11 is 0. The summed E-state index contributed by atoms with van der Waals surface area (Å²) in [6, 6.07) is 1.29. The highest BCUT2D eigenvalue weighted by Crippen LogP contribution is 2.23. The van der Waals surface area contributed by atoms with Crippen LogP contribution in [0.2, 0.25) is 0 Å². The Labute approximate surface area is 127 Å². The number of carbonyl (C=O) groups excluding carboxylic acids is 2. The second kappa shape index (κ2) is 6.13. The summed E-state index contributed by atoms with van der Waals surface area (Å²) in [7, 11) is 0. The monoisotopic (exact) mass is 306 g/mol. The minimum absolute atomic E-state index is 0.0718. The van der Waals surface area contributed by atoms with E-state index in [2.05, 4.69) is 10.3 Å². The molecule has 0 aliphatic heterocycles. The number of nitrogens with one attached hydrogen (secondary N) is 1. The predicted octanol–water partition coefficient (Wildman–Crippen LogP) is 1.92. The summed E-state index contributed by atoms with van der Waals surface area (Å²) in [5.74, 6) is -1.18. The first-order valence-electron chi connectivity index (χ1n) is 7.14. The van der Waals surface area contributed by atoms with Crippen LogP contribution < -0.4 is 11.1 Å². The van der Waals surface area contributed by atoms with Gasteiger partial charge in [-0.1, -0.05) is 20.8 Å². The lowest BCUT2D eigenvalue weighted by molar-refractivity contribution is -0.119. The normalized spacial score (nSPS) is 11.1. The van der Waals surface area contributed by atoms with Crippen molar-refractivity contribution >= 4 is 23.3 Å². The van der Waals surface area contributed by atoms with Gasteiger partial charge < -0.3 is 5.73 Å². The maximum absolute atomic E-state index is 14.0. The lowest BCUT2D eigenvalue weighted by Gasteiger charge is -2.08. The third-order valence-corrected chi connectivity index (χ3v) is 3.28. The van der Waals surface area contributed by atoms with E-state index in [9.17, 15) is 14.0 Å². The molecule has 0 atom stereocenters. The fraction of sp³-hybridized carbons (Fsp3) is 0.400. The van der Waals surface area contributed by atoms with E-state index in [1.807, 2.05) is 13.8 Å². The molecule has 22 heavy (non-hydrogen) atoms. The first kappa shape index (κ1) is 15.9. The smallest absolute Gasteiger partial charge is 0.280 e. The molecule has 2 heterocycles. The molecule has 2 amide bonds. The Balaban J connectivity index is 2.53. The zero-order chi connectivity index (χ0) is 16.4. The molecule has 0 aliphatic carbocycles. The molecule has 3 N–H and O–H groups in total. The Morgan fingerprint density at radius 1 is 1.45 bits per heavy atom. The lowest BCUT2D eigenvalue weighted by Crippen LogP contribution is -2.30. The topological polar surface area (TPSA) is 89.5 Å². The number of nitrogen functional groups attached to an aromatic ring is 1. The molecule has 0 aliphatic rings. The van der Waals surface area contributed by atoms with Crippen LogP contribution in [0.4, 0.5) is 10.2 Å². The molecule has 0 radical (unpaired) electrons. The van der Waals surface area contributed by atoms with Gasteiger partial charge in [0.15, 0.2) is 5.69 Å². The minimum Gasteiger partial charge on any atom is -0.383 e. The van der Waals surface area contributed by atoms with Crippen molar-refractivity contribution in [1.29, 1.82) is 0 Å². The van der Waals surface area contributed by atoms with Gasteiger partial charge in [-0.15, -0.1) is 0 Å². The number of amides is 2. The van der Waals surface area contributed by atoms with Crippen LogP contribution in [0.15, 0.2) is 12.3 Å². The molecule has 2 rings (SSSR count). The van der Waals surface area contributed by atoms with Gasteiger partial charge in [-0.2, -0.15) is 0 Å². The standard InChI is InChI=1S/C15H19FN4O2/c1-4-11(21)18-15(22)12-13(17)20-6-5-10(16)9(7-8(2)3)14(20)19-12/h5-6,8H,4,7,17H2,1-3H3,(H,18,21,22). The average molecular weight is 306 g/mol. The summed E-state index contributed by atoms with van der Waals surface area (Å²) in [5.41, 5.74) is 6.55. The molecule has 7 heteroatoms. The molecule has 2 aromatic heterocycles. The number of nitrogens with zero attached hydrogens (tertiary/aromatic N) is 2. The van der Waals surface area contributed by atoms with Crippen LogP contribution in [0.5, 0.6) is 0 Å². The molecule has 6 nitrogen and oxygen atoms in total. The molecular formula is C15H19FN4O2. The van der Waals surface area contributed by atoms with Crippen molar-refractivity contribution in [2.45, 2.75) is 33.6 Å². The third-order valence-electron chi connectivity index (χ3n) is 3.28. The number of hydrogen-bond donors (Lipinski definition) is 2. The van der Waals surface area contributed by atoms with Gasteiger partial charge in [0.25, 0.3) is 5.91 Å². The fourth-order valence-corrected chi connectivity index (χ4v) is 2.19. The first-order chi connectivity index (χ1) is 10.3. The van der Waals surface area contributed by atoms with Gasteiger partial charge in [0.2, 0.25) is 5.91 Å². The maximum atomic E-state index is 14.0. The van der Waals surface area contributed by atoms with E-state index in [4.69, 9.17) is 5.73 Å². The second-order valence-corrected chi connectivity index (χ2v) is 5.51. The van der Waals surface area contributed by atoms with E-state index in [0.717, 1.165) is 0 Å². The van der Waals surface area contributed by atoms with Crippen molar-refractivity contribution in [2.75, 3.05) is 5.73 Å². The molecule has 2 aromatic rings. The SMILES string of the molecule is CCC(=O)NC(=O)c1nc2c(CC(C)C)c(F)ccn2c1N. The van der Waals surface area contributed by atoms with E-state index >= 15 is 0 Å². The number of nitrogens with two attached hydrogens (primary N) is 1. The third kappa shape index (κ3) is 2.93. The average Bonchev–Trinajstić information content (AvgIpc) is 2.79. The zero-order valence-electron chi connectivity index (χ0n) is 12.8. The summed E-state index contributed by atoms with van der Waals surface area (Å²) in [5, 5.41) is 2.20. The number of rotatable bonds is 4.